The van der Waals surface area contributed by atoms with Crippen molar-refractivity contribution in [1.82, 2.24) is 4.98 Å². The quantitative estimate of drug-likeness (QED) is 0.694. The van der Waals surface area contributed by atoms with Crippen LogP contribution in [-0.4, -0.2) is 44.9 Å². The number of carbonyl (C=O) groups excluding carboxylic acids is 1. The van der Waals surface area contributed by atoms with Crippen LogP contribution in [0.25, 0.3) is 0 Å². The van der Waals surface area contributed by atoms with E-state index >= 15 is 0 Å². The lowest BCUT2D eigenvalue weighted by Crippen LogP contribution is -2.35. The van der Waals surface area contributed by atoms with E-state index in [1.807, 2.05) is 17.5 Å². The number of thiazole rings is 1. The van der Waals surface area contributed by atoms with E-state index in [0.29, 0.717) is 23.2 Å². The third-order valence-corrected chi connectivity index (χ3v) is 4.57. The van der Waals surface area contributed by atoms with Crippen LogP contribution in [0.2, 0.25) is 0 Å². The highest BCUT2D eigenvalue weighted by atomic mass is 35.5. The molecular formula is C17H24ClN3O4S. The van der Waals surface area contributed by atoms with Crippen LogP contribution in [0.15, 0.2) is 29.8 Å². The van der Waals surface area contributed by atoms with Crippen molar-refractivity contribution < 1.29 is 19.0 Å². The Morgan fingerprint density at radius 3 is 2.62 bits per heavy atom. The van der Waals surface area contributed by atoms with Crippen LogP contribution in [0.1, 0.15) is 12.0 Å². The molecule has 1 amide bonds. The van der Waals surface area contributed by atoms with E-state index in [9.17, 15) is 4.79 Å². The summed E-state index contributed by atoms with van der Waals surface area (Å²) < 4.78 is 15.9. The normalized spacial score (nSPS) is 11.4. The molecule has 1 aromatic heterocycles. The lowest BCUT2D eigenvalue weighted by atomic mass is 10.1. The van der Waals surface area contributed by atoms with Gasteiger partial charge in [0.25, 0.3) is 0 Å². The number of nitrogens with zero attached hydrogens (tertiary/aromatic N) is 2. The molecule has 0 saturated heterocycles. The third kappa shape index (κ3) is 5.57. The van der Waals surface area contributed by atoms with Gasteiger partial charge in [-0.15, -0.1) is 23.7 Å². The van der Waals surface area contributed by atoms with Crippen LogP contribution in [0.5, 0.6) is 11.5 Å². The first kappa shape index (κ1) is 22.2. The molecule has 7 nitrogen and oxygen atoms in total. The summed E-state index contributed by atoms with van der Waals surface area (Å²) >= 11 is 1.40. The van der Waals surface area contributed by atoms with Gasteiger partial charge in [-0.3, -0.25) is 9.69 Å². The maximum Gasteiger partial charge on any atom is 0.231 e. The summed E-state index contributed by atoms with van der Waals surface area (Å²) in [5.74, 6) is 1.23. The molecule has 2 aromatic rings. The highest BCUT2D eigenvalue weighted by molar-refractivity contribution is 7.13. The number of aromatic nitrogens is 1. The van der Waals surface area contributed by atoms with Gasteiger partial charge in [-0.2, -0.15) is 0 Å². The van der Waals surface area contributed by atoms with Gasteiger partial charge < -0.3 is 19.9 Å². The number of benzene rings is 1. The second kappa shape index (κ2) is 11.0. The summed E-state index contributed by atoms with van der Waals surface area (Å²) in [6.45, 7) is 0.611. The number of anilines is 1. The monoisotopic (exact) mass is 401 g/mol. The van der Waals surface area contributed by atoms with Gasteiger partial charge in [0.2, 0.25) is 5.91 Å². The van der Waals surface area contributed by atoms with Crippen LogP contribution in [0, 0.1) is 0 Å². The van der Waals surface area contributed by atoms with E-state index in [1.165, 1.54) is 11.3 Å². The number of methoxy groups -OCH3 is 3. The molecule has 1 atom stereocenters. The zero-order valence-corrected chi connectivity index (χ0v) is 16.6. The topological polar surface area (TPSA) is 86.9 Å². The molecule has 9 heteroatoms. The van der Waals surface area contributed by atoms with Crippen LogP contribution < -0.4 is 20.1 Å². The lowest BCUT2D eigenvalue weighted by Gasteiger charge is -2.23. The van der Waals surface area contributed by atoms with Gasteiger partial charge in [-0.05, 0) is 12.1 Å². The molecule has 2 rings (SSSR count). The number of hydrogen-bond acceptors (Lipinski definition) is 7. The minimum Gasteiger partial charge on any atom is -0.497 e. The second-order valence-electron chi connectivity index (χ2n) is 5.27. The molecule has 1 heterocycles. The maximum absolute atomic E-state index is 12.8. The van der Waals surface area contributed by atoms with Crippen LogP contribution in [-0.2, 0) is 16.1 Å². The van der Waals surface area contributed by atoms with Crippen molar-refractivity contribution in [2.24, 2.45) is 5.73 Å². The molecular weight excluding hydrogens is 378 g/mol. The molecule has 144 valence electrons. The Morgan fingerprint density at radius 1 is 1.31 bits per heavy atom. The van der Waals surface area contributed by atoms with Gasteiger partial charge >= 0.3 is 0 Å². The summed E-state index contributed by atoms with van der Waals surface area (Å²) in [6.07, 6.45) is 1.53. The number of nitrogens with two attached hydrogens (primary N) is 1. The molecule has 1 unspecified atom stereocenters. The molecule has 2 N–H and O–H groups in total. The van der Waals surface area contributed by atoms with E-state index in [4.69, 9.17) is 19.9 Å². The molecule has 0 fully saturated rings. The zero-order valence-electron chi connectivity index (χ0n) is 15.0. The van der Waals surface area contributed by atoms with E-state index < -0.39 is 0 Å². The Labute approximate surface area is 163 Å². The van der Waals surface area contributed by atoms with Gasteiger partial charge in [0.15, 0.2) is 5.13 Å². The highest BCUT2D eigenvalue weighted by Crippen LogP contribution is 2.28. The van der Waals surface area contributed by atoms with E-state index in [1.54, 1.807) is 38.5 Å². The molecule has 1 aromatic carbocycles. The van der Waals surface area contributed by atoms with Crippen molar-refractivity contribution in [2.75, 3.05) is 32.8 Å². The van der Waals surface area contributed by atoms with E-state index in [0.717, 1.165) is 5.56 Å². The van der Waals surface area contributed by atoms with Crippen molar-refractivity contribution in [3.63, 3.8) is 0 Å². The van der Waals surface area contributed by atoms with Crippen molar-refractivity contribution in [2.45, 2.75) is 19.1 Å². The van der Waals surface area contributed by atoms with Crippen LogP contribution in [0.4, 0.5) is 5.13 Å². The van der Waals surface area contributed by atoms with Gasteiger partial charge in [-0.1, -0.05) is 0 Å². The largest absolute Gasteiger partial charge is 0.497 e. The lowest BCUT2D eigenvalue weighted by molar-refractivity contribution is -0.121. The maximum atomic E-state index is 12.8. The van der Waals surface area contributed by atoms with Crippen LogP contribution >= 0.6 is 23.7 Å². The Hall–Kier alpha value is -1.87. The first-order valence-corrected chi connectivity index (χ1v) is 8.64. The van der Waals surface area contributed by atoms with Crippen molar-refractivity contribution in [1.29, 1.82) is 0 Å². The number of amides is 1. The Kier molecular flexibility index (Phi) is 9.36. The molecule has 0 spiro atoms. The molecule has 26 heavy (non-hydrogen) atoms. The fourth-order valence-electron chi connectivity index (χ4n) is 2.33. The Balaban J connectivity index is 0.00000338. The van der Waals surface area contributed by atoms with Gasteiger partial charge in [0.1, 0.15) is 11.5 Å². The smallest absolute Gasteiger partial charge is 0.231 e. The summed E-state index contributed by atoms with van der Waals surface area (Å²) in [7, 11) is 4.73. The third-order valence-electron chi connectivity index (χ3n) is 3.77. The Bertz CT molecular complexity index is 681. The summed E-state index contributed by atoms with van der Waals surface area (Å²) in [6, 6.07) is 5.50. The first-order valence-electron chi connectivity index (χ1n) is 7.76. The van der Waals surface area contributed by atoms with Crippen molar-refractivity contribution in [3.8, 4) is 11.5 Å². The number of rotatable bonds is 9. The van der Waals surface area contributed by atoms with Crippen molar-refractivity contribution in [3.05, 3.63) is 35.3 Å². The number of halogens is 1. The van der Waals surface area contributed by atoms with Gasteiger partial charge in [-0.25, -0.2) is 4.98 Å². The first-order chi connectivity index (χ1) is 12.1. The fraction of sp³-hybridized carbons (Fsp3) is 0.412. The molecule has 0 aliphatic heterocycles. The zero-order chi connectivity index (χ0) is 18.2. The molecule has 0 aliphatic rings. The standard InChI is InChI=1S/C17H23N3O4S.ClH/c1-22-13-5-4-12(15(8-13)24-3)11-20(17-19-6-7-25-17)16(21)9-14(10-18)23-2;/h4-8,14H,9-11,18H2,1-3H3;1H. The highest BCUT2D eigenvalue weighted by Gasteiger charge is 2.23. The molecule has 0 radical (unpaired) electrons. The molecule has 0 bridgehead atoms. The predicted molar refractivity (Wildman–Crippen MR) is 105 cm³/mol. The summed E-state index contributed by atoms with van der Waals surface area (Å²) in [5.41, 5.74) is 6.49. The summed E-state index contributed by atoms with van der Waals surface area (Å²) in [4.78, 5) is 18.7. The fourth-order valence-corrected chi connectivity index (χ4v) is 2.99. The average Bonchev–Trinajstić information content (AvgIpc) is 3.18. The molecule has 0 aliphatic carbocycles. The SMILES string of the molecule is COc1ccc(CN(C(=O)CC(CN)OC)c2nccs2)c(OC)c1.Cl. The minimum atomic E-state index is -0.326. The molecule has 0 saturated carbocycles. The van der Waals surface area contributed by atoms with Gasteiger partial charge in [0.05, 0.1) is 33.3 Å². The average molecular weight is 402 g/mol. The van der Waals surface area contributed by atoms with Gasteiger partial charge in [0, 0.05) is 36.9 Å². The number of carbonyl (C=O) groups is 1. The predicted octanol–water partition coefficient (Wildman–Crippen LogP) is 2.48. The van der Waals surface area contributed by atoms with Crippen molar-refractivity contribution >= 4 is 34.8 Å². The second-order valence-corrected chi connectivity index (χ2v) is 6.14. The number of ether oxygens (including phenoxy) is 3. The summed E-state index contributed by atoms with van der Waals surface area (Å²) in [5, 5.41) is 2.45. The Morgan fingerprint density at radius 2 is 2.08 bits per heavy atom. The van der Waals surface area contributed by atoms with Crippen LogP contribution in [0.3, 0.4) is 0 Å². The number of hydrogen-bond donors (Lipinski definition) is 1. The van der Waals surface area contributed by atoms with E-state index in [2.05, 4.69) is 4.98 Å². The van der Waals surface area contributed by atoms with E-state index in [-0.39, 0.29) is 37.4 Å². The minimum absolute atomic E-state index is 0.